The smallest absolute Gasteiger partial charge is 0.261 e. The number of methoxy groups -OCH3 is 1. The maximum absolute atomic E-state index is 14.8. The third kappa shape index (κ3) is 4.74. The van der Waals surface area contributed by atoms with Crippen LogP contribution < -0.4 is 19.7 Å². The summed E-state index contributed by atoms with van der Waals surface area (Å²) in [7, 11) is -2.49. The van der Waals surface area contributed by atoms with E-state index in [2.05, 4.69) is 28.8 Å². The van der Waals surface area contributed by atoms with Crippen LogP contribution in [0.3, 0.4) is 0 Å². The molecule has 3 aromatic rings. The topological polar surface area (TPSA) is 70.7 Å². The SMILES string of the molecule is COc1cc(F)c(NS(=O)(=O)c2ccc(-c3cccs3)cc2)cc1N1CC(C)NC(C)C1. The molecule has 0 bridgehead atoms. The summed E-state index contributed by atoms with van der Waals surface area (Å²) in [4.78, 5) is 3.20. The van der Waals surface area contributed by atoms with E-state index >= 15 is 0 Å². The number of piperazine rings is 1. The fourth-order valence-electron chi connectivity index (χ4n) is 4.00. The summed E-state index contributed by atoms with van der Waals surface area (Å²) in [5.41, 5.74) is 1.47. The number of hydrogen-bond donors (Lipinski definition) is 2. The molecule has 2 heterocycles. The maximum atomic E-state index is 14.8. The quantitative estimate of drug-likeness (QED) is 0.547. The third-order valence-corrected chi connectivity index (χ3v) is 7.68. The second-order valence-electron chi connectivity index (χ2n) is 7.98. The van der Waals surface area contributed by atoms with Crippen LogP contribution in [-0.2, 0) is 10.0 Å². The Morgan fingerprint density at radius 3 is 2.41 bits per heavy atom. The minimum absolute atomic E-state index is 0.0685. The first-order chi connectivity index (χ1) is 15.3. The molecule has 0 aliphatic carbocycles. The molecule has 32 heavy (non-hydrogen) atoms. The molecule has 2 N–H and O–H groups in total. The van der Waals surface area contributed by atoms with E-state index in [9.17, 15) is 12.8 Å². The summed E-state index contributed by atoms with van der Waals surface area (Å²) >= 11 is 1.58. The number of halogens is 1. The van der Waals surface area contributed by atoms with Gasteiger partial charge >= 0.3 is 0 Å². The zero-order valence-electron chi connectivity index (χ0n) is 18.1. The zero-order valence-corrected chi connectivity index (χ0v) is 19.8. The average molecular weight is 476 g/mol. The molecule has 0 spiro atoms. The van der Waals surface area contributed by atoms with Crippen LogP contribution in [0.4, 0.5) is 15.8 Å². The van der Waals surface area contributed by atoms with E-state index in [0.29, 0.717) is 24.5 Å². The number of anilines is 2. The molecule has 1 aliphatic heterocycles. The molecule has 0 saturated carbocycles. The zero-order chi connectivity index (χ0) is 22.9. The average Bonchev–Trinajstić information content (AvgIpc) is 3.29. The molecule has 1 aliphatic rings. The van der Waals surface area contributed by atoms with Crippen molar-refractivity contribution in [1.29, 1.82) is 0 Å². The molecule has 2 aromatic carbocycles. The molecule has 1 aromatic heterocycles. The van der Waals surface area contributed by atoms with Crippen LogP contribution in [-0.4, -0.2) is 40.7 Å². The number of nitrogens with one attached hydrogen (secondary N) is 2. The second-order valence-corrected chi connectivity index (χ2v) is 10.6. The molecule has 6 nitrogen and oxygen atoms in total. The first-order valence-corrected chi connectivity index (χ1v) is 12.7. The van der Waals surface area contributed by atoms with Gasteiger partial charge < -0.3 is 15.0 Å². The highest BCUT2D eigenvalue weighted by Gasteiger charge is 2.26. The van der Waals surface area contributed by atoms with Crippen LogP contribution in [0.25, 0.3) is 10.4 Å². The predicted octanol–water partition coefficient (Wildman–Crippen LogP) is 4.55. The van der Waals surface area contributed by atoms with Crippen LogP contribution >= 0.6 is 11.3 Å². The number of nitrogens with zero attached hydrogens (tertiary/aromatic N) is 1. The Kier molecular flexibility index (Phi) is 6.41. The fourth-order valence-corrected chi connectivity index (χ4v) is 5.79. The number of ether oxygens (including phenoxy) is 1. The first-order valence-electron chi connectivity index (χ1n) is 10.3. The van der Waals surface area contributed by atoms with Crippen molar-refractivity contribution in [2.45, 2.75) is 30.8 Å². The predicted molar refractivity (Wildman–Crippen MR) is 128 cm³/mol. The molecule has 2 unspecified atom stereocenters. The van der Waals surface area contributed by atoms with E-state index in [-0.39, 0.29) is 22.7 Å². The van der Waals surface area contributed by atoms with Crippen LogP contribution in [0.2, 0.25) is 0 Å². The molecule has 0 amide bonds. The van der Waals surface area contributed by atoms with Gasteiger partial charge in [-0.05, 0) is 49.1 Å². The van der Waals surface area contributed by atoms with Crippen molar-refractivity contribution in [2.75, 3.05) is 29.8 Å². The van der Waals surface area contributed by atoms with Crippen molar-refractivity contribution in [3.05, 3.63) is 59.7 Å². The van der Waals surface area contributed by atoms with Crippen molar-refractivity contribution in [2.24, 2.45) is 0 Å². The van der Waals surface area contributed by atoms with Gasteiger partial charge in [0.2, 0.25) is 0 Å². The van der Waals surface area contributed by atoms with Gasteiger partial charge in [0.15, 0.2) is 5.82 Å². The standard InChI is InChI=1S/C23H26FN3O3S2/c1-15-13-27(14-16(2)25-15)21-12-20(19(24)11-22(21)30-3)26-32(28,29)18-8-6-17(7-9-18)23-5-4-10-31-23/h4-12,15-16,25-26H,13-14H2,1-3H3. The normalized spacial score (nSPS) is 19.1. The fraction of sp³-hybridized carbons (Fsp3) is 0.304. The Labute approximate surface area is 192 Å². The summed E-state index contributed by atoms with van der Waals surface area (Å²) in [6, 6.07) is 13.7. The van der Waals surface area contributed by atoms with Crippen LogP contribution in [0.5, 0.6) is 5.75 Å². The molecule has 2 atom stereocenters. The lowest BCUT2D eigenvalue weighted by Crippen LogP contribution is -2.54. The molecule has 9 heteroatoms. The van der Waals surface area contributed by atoms with Gasteiger partial charge in [-0.25, -0.2) is 12.8 Å². The van der Waals surface area contributed by atoms with Crippen molar-refractivity contribution in [3.8, 4) is 16.2 Å². The Balaban J connectivity index is 1.63. The Morgan fingerprint density at radius 2 is 1.81 bits per heavy atom. The Bertz CT molecular complexity index is 1170. The van der Waals surface area contributed by atoms with E-state index in [4.69, 9.17) is 4.74 Å². The first kappa shape index (κ1) is 22.6. The number of rotatable bonds is 6. The molecule has 170 valence electrons. The second kappa shape index (κ2) is 9.09. The molecular weight excluding hydrogens is 449 g/mol. The van der Waals surface area contributed by atoms with Crippen molar-refractivity contribution >= 4 is 32.7 Å². The largest absolute Gasteiger partial charge is 0.494 e. The molecule has 1 fully saturated rings. The van der Waals surface area contributed by atoms with Gasteiger partial charge in [-0.2, -0.15) is 0 Å². The van der Waals surface area contributed by atoms with Gasteiger partial charge in [0.05, 0.1) is 23.4 Å². The lowest BCUT2D eigenvalue weighted by molar-refractivity contribution is 0.389. The number of hydrogen-bond acceptors (Lipinski definition) is 6. The number of thiophene rings is 1. The van der Waals surface area contributed by atoms with Crippen molar-refractivity contribution < 1.29 is 17.5 Å². The van der Waals surface area contributed by atoms with Gasteiger partial charge in [-0.1, -0.05) is 18.2 Å². The highest BCUT2D eigenvalue weighted by molar-refractivity contribution is 7.92. The monoisotopic (exact) mass is 475 g/mol. The summed E-state index contributed by atoms with van der Waals surface area (Å²) in [6.45, 7) is 5.54. The van der Waals surface area contributed by atoms with Gasteiger partial charge in [0.1, 0.15) is 5.75 Å². The van der Waals surface area contributed by atoms with Crippen molar-refractivity contribution in [3.63, 3.8) is 0 Å². The lowest BCUT2D eigenvalue weighted by Gasteiger charge is -2.38. The molecular formula is C23H26FN3O3S2. The third-order valence-electron chi connectivity index (χ3n) is 5.38. The summed E-state index contributed by atoms with van der Waals surface area (Å²) in [6.07, 6.45) is 0. The van der Waals surface area contributed by atoms with Gasteiger partial charge in [0.25, 0.3) is 10.0 Å². The van der Waals surface area contributed by atoms with Crippen LogP contribution in [0.15, 0.2) is 58.8 Å². The Morgan fingerprint density at radius 1 is 1.12 bits per heavy atom. The van der Waals surface area contributed by atoms with E-state index in [0.717, 1.165) is 10.4 Å². The van der Waals surface area contributed by atoms with Crippen LogP contribution in [0, 0.1) is 5.82 Å². The van der Waals surface area contributed by atoms with Gasteiger partial charge in [-0.3, -0.25) is 4.72 Å². The summed E-state index contributed by atoms with van der Waals surface area (Å²) in [5.74, 6) is -0.326. The minimum Gasteiger partial charge on any atom is -0.494 e. The minimum atomic E-state index is -3.97. The van der Waals surface area contributed by atoms with E-state index in [1.165, 1.54) is 31.4 Å². The van der Waals surface area contributed by atoms with Gasteiger partial charge in [-0.15, -0.1) is 11.3 Å². The summed E-state index contributed by atoms with van der Waals surface area (Å²) in [5, 5.41) is 5.41. The van der Waals surface area contributed by atoms with Crippen LogP contribution in [0.1, 0.15) is 13.8 Å². The van der Waals surface area contributed by atoms with E-state index in [1.54, 1.807) is 23.5 Å². The number of benzene rings is 2. The highest BCUT2D eigenvalue weighted by Crippen LogP contribution is 2.35. The maximum Gasteiger partial charge on any atom is 0.261 e. The van der Waals surface area contributed by atoms with Gasteiger partial charge in [0, 0.05) is 36.1 Å². The van der Waals surface area contributed by atoms with E-state index < -0.39 is 15.8 Å². The van der Waals surface area contributed by atoms with E-state index in [1.807, 2.05) is 17.5 Å². The highest BCUT2D eigenvalue weighted by atomic mass is 32.2. The summed E-state index contributed by atoms with van der Waals surface area (Å²) < 4.78 is 48.5. The molecule has 1 saturated heterocycles. The Hall–Kier alpha value is -2.62. The lowest BCUT2D eigenvalue weighted by atomic mass is 10.1. The number of sulfonamides is 1. The molecule has 4 rings (SSSR count). The van der Waals surface area contributed by atoms with Crippen molar-refractivity contribution in [1.82, 2.24) is 5.32 Å². The molecule has 0 radical (unpaired) electrons.